The maximum atomic E-state index is 5.88. The number of benzene rings is 1. The van der Waals surface area contributed by atoms with Crippen molar-refractivity contribution in [1.82, 2.24) is 5.32 Å². The highest BCUT2D eigenvalue weighted by Gasteiger charge is 2.17. The Morgan fingerprint density at radius 1 is 1.28 bits per heavy atom. The molecule has 18 heavy (non-hydrogen) atoms. The summed E-state index contributed by atoms with van der Waals surface area (Å²) in [6.45, 7) is 2.76. The van der Waals surface area contributed by atoms with Gasteiger partial charge in [-0.05, 0) is 39.9 Å². The maximum absolute atomic E-state index is 5.88. The first-order chi connectivity index (χ1) is 8.72. The van der Waals surface area contributed by atoms with Crippen molar-refractivity contribution in [3.05, 3.63) is 56.7 Å². The molecule has 2 unspecified atom stereocenters. The van der Waals surface area contributed by atoms with Gasteiger partial charge in [0.1, 0.15) is 0 Å². The zero-order valence-corrected chi connectivity index (χ0v) is 12.7. The zero-order chi connectivity index (χ0) is 13.0. The molecule has 0 spiro atoms. The highest BCUT2D eigenvalue weighted by atomic mass is 79.9. The van der Waals surface area contributed by atoms with Crippen molar-refractivity contribution in [2.75, 3.05) is 6.54 Å². The van der Waals surface area contributed by atoms with Crippen LogP contribution in [0.1, 0.15) is 29.4 Å². The van der Waals surface area contributed by atoms with E-state index in [9.17, 15) is 0 Å². The maximum Gasteiger partial charge on any atom is 0.0555 e. The van der Waals surface area contributed by atoms with E-state index in [-0.39, 0.29) is 12.1 Å². The average Bonchev–Trinajstić information content (AvgIpc) is 2.83. The lowest BCUT2D eigenvalue weighted by Crippen LogP contribution is -2.30. The van der Waals surface area contributed by atoms with Crippen molar-refractivity contribution >= 4 is 27.3 Å². The minimum atomic E-state index is 0.189. The van der Waals surface area contributed by atoms with Crippen LogP contribution in [0.5, 0.6) is 0 Å². The predicted octanol–water partition coefficient (Wildman–Crippen LogP) is 3.86. The minimum absolute atomic E-state index is 0.189. The third-order valence-corrected chi connectivity index (χ3v) is 4.93. The Morgan fingerprint density at radius 2 is 2.00 bits per heavy atom. The van der Waals surface area contributed by atoms with E-state index in [1.54, 1.807) is 11.3 Å². The second-order valence-corrected chi connectivity index (χ2v) is 6.02. The largest absolute Gasteiger partial charge is 0.329 e. The molecule has 2 nitrogen and oxygen atoms in total. The summed E-state index contributed by atoms with van der Waals surface area (Å²) < 4.78 is 1.13. The van der Waals surface area contributed by atoms with Crippen molar-refractivity contribution in [3.8, 4) is 0 Å². The van der Waals surface area contributed by atoms with Gasteiger partial charge in [-0.2, -0.15) is 0 Å². The van der Waals surface area contributed by atoms with E-state index in [0.29, 0.717) is 6.54 Å². The second-order valence-electron chi connectivity index (χ2n) is 4.22. The summed E-state index contributed by atoms with van der Waals surface area (Å²) >= 11 is 5.30. The zero-order valence-electron chi connectivity index (χ0n) is 10.3. The van der Waals surface area contributed by atoms with E-state index >= 15 is 0 Å². The van der Waals surface area contributed by atoms with E-state index in [2.05, 4.69) is 63.9 Å². The molecule has 1 heterocycles. The first-order valence-electron chi connectivity index (χ1n) is 5.96. The molecule has 0 aliphatic heterocycles. The summed E-state index contributed by atoms with van der Waals surface area (Å²) in [6, 6.07) is 13.0. The fraction of sp³-hybridized carbons (Fsp3) is 0.286. The molecule has 2 aromatic rings. The summed E-state index contributed by atoms with van der Waals surface area (Å²) in [6.07, 6.45) is 0. The lowest BCUT2D eigenvalue weighted by molar-refractivity contribution is 0.477. The van der Waals surface area contributed by atoms with E-state index in [0.717, 1.165) is 4.47 Å². The van der Waals surface area contributed by atoms with Crippen LogP contribution < -0.4 is 11.1 Å². The fourth-order valence-electron chi connectivity index (χ4n) is 1.94. The number of hydrogen-bond acceptors (Lipinski definition) is 3. The number of halogens is 1. The van der Waals surface area contributed by atoms with Crippen LogP contribution in [0.25, 0.3) is 0 Å². The molecule has 2 rings (SSSR count). The Balaban J connectivity index is 2.10. The lowest BCUT2D eigenvalue weighted by atomic mass is 10.1. The SMILES string of the molecule is CC(NC(CN)c1sccc1Br)c1ccccc1. The number of nitrogens with two attached hydrogens (primary N) is 1. The molecule has 2 atom stereocenters. The summed E-state index contributed by atoms with van der Waals surface area (Å²) in [4.78, 5) is 1.26. The van der Waals surface area contributed by atoms with Crippen LogP contribution in [0.15, 0.2) is 46.3 Å². The van der Waals surface area contributed by atoms with E-state index < -0.39 is 0 Å². The van der Waals surface area contributed by atoms with Gasteiger partial charge in [0.05, 0.1) is 6.04 Å². The molecule has 0 aliphatic rings. The Bertz CT molecular complexity index is 484. The van der Waals surface area contributed by atoms with E-state index in [1.807, 2.05) is 6.07 Å². The van der Waals surface area contributed by atoms with Crippen LogP contribution in [0, 0.1) is 0 Å². The van der Waals surface area contributed by atoms with Gasteiger partial charge in [0.2, 0.25) is 0 Å². The standard InChI is InChI=1S/C14H17BrN2S/c1-10(11-5-3-2-4-6-11)17-13(9-16)14-12(15)7-8-18-14/h2-8,10,13,17H,9,16H2,1H3. The molecule has 3 N–H and O–H groups in total. The third-order valence-electron chi connectivity index (χ3n) is 2.95. The van der Waals surface area contributed by atoms with Gasteiger partial charge in [-0.15, -0.1) is 11.3 Å². The van der Waals surface area contributed by atoms with Gasteiger partial charge >= 0.3 is 0 Å². The van der Waals surface area contributed by atoms with Crippen LogP contribution in [0.4, 0.5) is 0 Å². The highest BCUT2D eigenvalue weighted by molar-refractivity contribution is 9.10. The molecule has 0 aliphatic carbocycles. The number of thiophene rings is 1. The molecule has 4 heteroatoms. The second kappa shape index (κ2) is 6.48. The van der Waals surface area contributed by atoms with Gasteiger partial charge < -0.3 is 11.1 Å². The van der Waals surface area contributed by atoms with Crippen molar-refractivity contribution in [1.29, 1.82) is 0 Å². The number of hydrogen-bond donors (Lipinski definition) is 2. The Hall–Kier alpha value is -0.680. The van der Waals surface area contributed by atoms with Crippen molar-refractivity contribution in [3.63, 3.8) is 0 Å². The molecule has 1 aromatic carbocycles. The molecular weight excluding hydrogens is 308 g/mol. The lowest BCUT2D eigenvalue weighted by Gasteiger charge is -2.22. The summed E-state index contributed by atoms with van der Waals surface area (Å²) in [5.41, 5.74) is 7.16. The van der Waals surface area contributed by atoms with Gasteiger partial charge in [0, 0.05) is 21.9 Å². The van der Waals surface area contributed by atoms with Crippen LogP contribution in [0.3, 0.4) is 0 Å². The van der Waals surface area contributed by atoms with Crippen molar-refractivity contribution in [2.45, 2.75) is 19.0 Å². The normalized spacial score (nSPS) is 14.4. The van der Waals surface area contributed by atoms with Gasteiger partial charge in [-0.3, -0.25) is 0 Å². The molecule has 0 saturated heterocycles. The molecular formula is C14H17BrN2S. The number of nitrogens with one attached hydrogen (secondary N) is 1. The first kappa shape index (κ1) is 13.7. The molecule has 0 bridgehead atoms. The highest BCUT2D eigenvalue weighted by Crippen LogP contribution is 2.30. The molecule has 0 saturated carbocycles. The molecule has 0 amide bonds. The Kier molecular flexibility index (Phi) is 4.95. The van der Waals surface area contributed by atoms with Crippen molar-refractivity contribution < 1.29 is 0 Å². The summed E-state index contributed by atoms with van der Waals surface area (Å²) in [5, 5.41) is 5.66. The first-order valence-corrected chi connectivity index (χ1v) is 7.63. The van der Waals surface area contributed by atoms with Crippen molar-refractivity contribution in [2.24, 2.45) is 5.73 Å². The topological polar surface area (TPSA) is 38.0 Å². The monoisotopic (exact) mass is 324 g/mol. The molecule has 96 valence electrons. The van der Waals surface area contributed by atoms with Gasteiger partial charge in [-0.1, -0.05) is 30.3 Å². The summed E-state index contributed by atoms with van der Waals surface area (Å²) in [7, 11) is 0. The van der Waals surface area contributed by atoms with Crippen LogP contribution in [0.2, 0.25) is 0 Å². The van der Waals surface area contributed by atoms with E-state index in [1.165, 1.54) is 10.4 Å². The minimum Gasteiger partial charge on any atom is -0.329 e. The predicted molar refractivity (Wildman–Crippen MR) is 81.8 cm³/mol. The molecule has 0 radical (unpaired) electrons. The van der Waals surface area contributed by atoms with Gasteiger partial charge in [0.15, 0.2) is 0 Å². The van der Waals surface area contributed by atoms with Gasteiger partial charge in [-0.25, -0.2) is 0 Å². The van der Waals surface area contributed by atoms with Crippen LogP contribution in [-0.4, -0.2) is 6.54 Å². The third kappa shape index (κ3) is 3.20. The molecule has 0 fully saturated rings. The van der Waals surface area contributed by atoms with Gasteiger partial charge in [0.25, 0.3) is 0 Å². The van der Waals surface area contributed by atoms with E-state index in [4.69, 9.17) is 5.73 Å². The Morgan fingerprint density at radius 3 is 2.56 bits per heavy atom. The average molecular weight is 325 g/mol. The summed E-state index contributed by atoms with van der Waals surface area (Å²) in [5.74, 6) is 0. The fourth-order valence-corrected chi connectivity index (χ4v) is 3.67. The smallest absolute Gasteiger partial charge is 0.0555 e. The Labute approximate surface area is 120 Å². The quantitative estimate of drug-likeness (QED) is 0.876. The van der Waals surface area contributed by atoms with Crippen LogP contribution in [-0.2, 0) is 0 Å². The molecule has 1 aromatic heterocycles. The van der Waals surface area contributed by atoms with Crippen LogP contribution >= 0.6 is 27.3 Å². The number of rotatable bonds is 5.